The van der Waals surface area contributed by atoms with E-state index in [1.807, 2.05) is 51.1 Å². The van der Waals surface area contributed by atoms with Crippen LogP contribution in [0.5, 0.6) is 5.75 Å². The predicted molar refractivity (Wildman–Crippen MR) is 86.8 cm³/mol. The molecule has 0 aromatic heterocycles. The van der Waals surface area contributed by atoms with Gasteiger partial charge >= 0.3 is 0 Å². The average Bonchev–Trinajstić information content (AvgIpc) is 2.39. The second-order valence-corrected chi connectivity index (χ2v) is 4.27. The number of allylic oxidation sites excluding steroid dienone is 1. The van der Waals surface area contributed by atoms with Crippen molar-refractivity contribution >= 4 is 17.9 Å². The molecular weight excluding hydrogens is 250 g/mol. The van der Waals surface area contributed by atoms with Crippen LogP contribution < -0.4 is 10.1 Å². The summed E-state index contributed by atoms with van der Waals surface area (Å²) in [7, 11) is 0. The molecular formula is C16H21N3O. The van der Waals surface area contributed by atoms with E-state index in [-0.39, 0.29) is 0 Å². The van der Waals surface area contributed by atoms with Crippen LogP contribution in [-0.4, -0.2) is 18.8 Å². The first kappa shape index (κ1) is 15.7. The van der Waals surface area contributed by atoms with Gasteiger partial charge in [-0.2, -0.15) is 0 Å². The molecule has 4 heteroatoms. The van der Waals surface area contributed by atoms with Gasteiger partial charge in [-0.05, 0) is 39.0 Å². The van der Waals surface area contributed by atoms with Crippen LogP contribution in [0.25, 0.3) is 0 Å². The van der Waals surface area contributed by atoms with Crippen LogP contribution in [0.4, 0.5) is 5.69 Å². The quantitative estimate of drug-likeness (QED) is 0.499. The molecule has 0 atom stereocenters. The topological polar surface area (TPSA) is 46.0 Å². The lowest BCUT2D eigenvalue weighted by molar-refractivity contribution is 0.362. The summed E-state index contributed by atoms with van der Waals surface area (Å²) < 4.78 is 5.64. The van der Waals surface area contributed by atoms with Crippen LogP contribution in [0.15, 0.2) is 58.7 Å². The van der Waals surface area contributed by atoms with Crippen LogP contribution in [0.3, 0.4) is 0 Å². The van der Waals surface area contributed by atoms with E-state index < -0.39 is 0 Å². The second kappa shape index (κ2) is 8.69. The molecule has 20 heavy (non-hydrogen) atoms. The van der Waals surface area contributed by atoms with E-state index in [1.165, 1.54) is 11.8 Å². The maximum absolute atomic E-state index is 5.64. The Morgan fingerprint density at radius 3 is 2.85 bits per heavy atom. The van der Waals surface area contributed by atoms with Crippen molar-refractivity contribution in [2.24, 2.45) is 9.98 Å². The maximum atomic E-state index is 5.64. The fourth-order valence-electron chi connectivity index (χ4n) is 1.40. The molecule has 0 amide bonds. The largest absolute Gasteiger partial charge is 0.489 e. The minimum absolute atomic E-state index is 0.490. The molecule has 1 N–H and O–H groups in total. The SMILES string of the molecule is C=CN=C(/N=C\C)Nc1cccc(OCC=C(C)C)c1. The monoisotopic (exact) mass is 271 g/mol. The number of nitrogens with zero attached hydrogens (tertiary/aromatic N) is 2. The number of nitrogens with one attached hydrogen (secondary N) is 1. The Labute approximate surface area is 120 Å². The summed E-state index contributed by atoms with van der Waals surface area (Å²) in [5.41, 5.74) is 2.10. The minimum Gasteiger partial charge on any atom is -0.489 e. The highest BCUT2D eigenvalue weighted by atomic mass is 16.5. The van der Waals surface area contributed by atoms with Gasteiger partial charge in [-0.3, -0.25) is 0 Å². The summed E-state index contributed by atoms with van der Waals surface area (Å²) in [4.78, 5) is 8.16. The van der Waals surface area contributed by atoms with Crippen LogP contribution in [0, 0.1) is 0 Å². The zero-order chi connectivity index (χ0) is 14.8. The van der Waals surface area contributed by atoms with Crippen molar-refractivity contribution in [3.05, 3.63) is 48.7 Å². The first-order valence-corrected chi connectivity index (χ1v) is 6.46. The molecule has 4 nitrogen and oxygen atoms in total. The lowest BCUT2D eigenvalue weighted by Gasteiger charge is -2.08. The van der Waals surface area contributed by atoms with Crippen molar-refractivity contribution in [1.82, 2.24) is 0 Å². The molecule has 0 aliphatic carbocycles. The molecule has 1 aromatic carbocycles. The molecule has 0 saturated heterocycles. The highest BCUT2D eigenvalue weighted by Crippen LogP contribution is 2.17. The number of rotatable bonds is 5. The molecule has 0 radical (unpaired) electrons. The summed E-state index contributed by atoms with van der Waals surface area (Å²) in [5, 5.41) is 3.11. The Hall–Kier alpha value is -2.36. The zero-order valence-corrected chi connectivity index (χ0v) is 12.3. The molecule has 106 valence electrons. The van der Waals surface area contributed by atoms with E-state index in [0.29, 0.717) is 12.6 Å². The van der Waals surface area contributed by atoms with Gasteiger partial charge in [0.2, 0.25) is 5.96 Å². The van der Waals surface area contributed by atoms with E-state index in [2.05, 4.69) is 21.9 Å². The third-order valence-corrected chi connectivity index (χ3v) is 2.30. The van der Waals surface area contributed by atoms with Crippen molar-refractivity contribution in [3.63, 3.8) is 0 Å². The zero-order valence-electron chi connectivity index (χ0n) is 12.3. The normalized spacial score (nSPS) is 11.2. The van der Waals surface area contributed by atoms with Crippen LogP contribution in [-0.2, 0) is 0 Å². The van der Waals surface area contributed by atoms with Gasteiger partial charge in [0.25, 0.3) is 0 Å². The molecule has 0 saturated carbocycles. The summed E-state index contributed by atoms with van der Waals surface area (Å²) >= 11 is 0. The van der Waals surface area contributed by atoms with Crippen molar-refractivity contribution in [3.8, 4) is 5.75 Å². The van der Waals surface area contributed by atoms with Crippen molar-refractivity contribution in [2.45, 2.75) is 20.8 Å². The highest BCUT2D eigenvalue weighted by Gasteiger charge is 1.99. The Morgan fingerprint density at radius 2 is 2.20 bits per heavy atom. The fraction of sp³-hybridized carbons (Fsp3) is 0.250. The third kappa shape index (κ3) is 6.00. The Balaban J connectivity index is 2.74. The van der Waals surface area contributed by atoms with E-state index in [9.17, 15) is 0 Å². The van der Waals surface area contributed by atoms with Crippen molar-refractivity contribution in [2.75, 3.05) is 11.9 Å². The Kier molecular flexibility index (Phi) is 6.82. The summed E-state index contributed by atoms with van der Waals surface area (Å²) in [6.45, 7) is 10.0. The lowest BCUT2D eigenvalue weighted by Crippen LogP contribution is -2.08. The molecule has 0 aliphatic rings. The maximum Gasteiger partial charge on any atom is 0.226 e. The van der Waals surface area contributed by atoms with Crippen LogP contribution in [0.2, 0.25) is 0 Å². The first-order valence-electron chi connectivity index (χ1n) is 6.46. The minimum atomic E-state index is 0.490. The second-order valence-electron chi connectivity index (χ2n) is 4.27. The summed E-state index contributed by atoms with van der Waals surface area (Å²) in [6, 6.07) is 7.67. The molecule has 0 fully saturated rings. The van der Waals surface area contributed by atoms with Gasteiger partial charge < -0.3 is 10.1 Å². The van der Waals surface area contributed by atoms with E-state index in [4.69, 9.17) is 4.74 Å². The van der Waals surface area contributed by atoms with Gasteiger partial charge in [0.1, 0.15) is 12.4 Å². The van der Waals surface area contributed by atoms with Gasteiger partial charge in [0.05, 0.1) is 0 Å². The lowest BCUT2D eigenvalue weighted by atomic mass is 10.3. The smallest absolute Gasteiger partial charge is 0.226 e. The number of ether oxygens (including phenoxy) is 1. The van der Waals surface area contributed by atoms with Gasteiger partial charge in [0, 0.05) is 24.2 Å². The Bertz CT molecular complexity index is 526. The van der Waals surface area contributed by atoms with Crippen LogP contribution in [0.1, 0.15) is 20.8 Å². The third-order valence-electron chi connectivity index (χ3n) is 2.30. The van der Waals surface area contributed by atoms with E-state index in [1.54, 1.807) is 6.21 Å². The van der Waals surface area contributed by atoms with Gasteiger partial charge in [-0.15, -0.1) is 0 Å². The fourth-order valence-corrected chi connectivity index (χ4v) is 1.40. The van der Waals surface area contributed by atoms with Crippen LogP contribution >= 0.6 is 0 Å². The molecule has 0 aliphatic heterocycles. The molecule has 0 bridgehead atoms. The number of hydrogen-bond acceptors (Lipinski definition) is 2. The van der Waals surface area contributed by atoms with Crippen molar-refractivity contribution < 1.29 is 4.74 Å². The van der Waals surface area contributed by atoms with E-state index >= 15 is 0 Å². The number of hydrogen-bond donors (Lipinski definition) is 1. The Morgan fingerprint density at radius 1 is 1.40 bits per heavy atom. The summed E-state index contributed by atoms with van der Waals surface area (Å²) in [5.74, 6) is 1.29. The molecule has 0 spiro atoms. The van der Waals surface area contributed by atoms with Crippen molar-refractivity contribution in [1.29, 1.82) is 0 Å². The summed E-state index contributed by atoms with van der Waals surface area (Å²) in [6.07, 6.45) is 5.15. The molecule has 1 rings (SSSR count). The predicted octanol–water partition coefficient (Wildman–Crippen LogP) is 4.03. The molecule has 0 unspecified atom stereocenters. The number of aliphatic imine (C=N–C) groups is 2. The molecule has 1 aromatic rings. The molecule has 0 heterocycles. The number of benzene rings is 1. The van der Waals surface area contributed by atoms with Gasteiger partial charge in [-0.25, -0.2) is 9.98 Å². The highest BCUT2D eigenvalue weighted by molar-refractivity contribution is 5.98. The first-order chi connectivity index (χ1) is 9.65. The standard InChI is InChI=1S/C16H21N3O/c1-5-17-16(18-6-2)19-14-8-7-9-15(12-14)20-11-10-13(3)4/h5-10,12H,1,11H2,2-4H3,(H,17,19)/b18-6-. The number of anilines is 1. The van der Waals surface area contributed by atoms with Gasteiger partial charge in [-0.1, -0.05) is 18.2 Å². The average molecular weight is 271 g/mol. The van der Waals surface area contributed by atoms with E-state index in [0.717, 1.165) is 11.4 Å². The van der Waals surface area contributed by atoms with Gasteiger partial charge in [0.15, 0.2) is 0 Å². The number of guanidine groups is 1.